The zero-order chi connectivity index (χ0) is 73.0. The summed E-state index contributed by atoms with van der Waals surface area (Å²) in [6.45, 7) is 0. The van der Waals surface area contributed by atoms with E-state index in [0.717, 1.165) is 88.6 Å². The quantitative estimate of drug-likeness (QED) is 0.144. The number of anilines is 12. The van der Waals surface area contributed by atoms with Crippen molar-refractivity contribution in [3.05, 3.63) is 402 Å². The van der Waals surface area contributed by atoms with Crippen molar-refractivity contribution >= 4 is 68.4 Å². The second-order valence-corrected chi connectivity index (χ2v) is 31.7. The molecule has 8 aromatic carbocycles. The summed E-state index contributed by atoms with van der Waals surface area (Å²) in [5.41, 5.74) is 58.8. The molecule has 528 valence electrons. The van der Waals surface area contributed by atoms with Gasteiger partial charge in [0.25, 0.3) is 0 Å². The van der Waals surface area contributed by atoms with E-state index >= 15 is 0 Å². The Hall–Kier alpha value is -13.8. The van der Waals surface area contributed by atoms with E-state index in [0.29, 0.717) is 0 Å². The molecule has 0 saturated heterocycles. The molecule has 8 aromatic heterocycles. The van der Waals surface area contributed by atoms with Crippen LogP contribution in [-0.4, -0.2) is 39.9 Å². The van der Waals surface area contributed by atoms with Crippen LogP contribution in [0.4, 0.5) is 68.4 Å². The molecule has 12 nitrogen and oxygen atoms in total. The van der Waals surface area contributed by atoms with Crippen LogP contribution in [-0.2, 0) is 77.0 Å². The van der Waals surface area contributed by atoms with Crippen LogP contribution in [0.15, 0.2) is 269 Å². The van der Waals surface area contributed by atoms with Gasteiger partial charge in [0.2, 0.25) is 0 Å². The van der Waals surface area contributed by atoms with E-state index in [4.69, 9.17) is 9.97 Å². The van der Waals surface area contributed by atoms with Crippen molar-refractivity contribution in [2.75, 3.05) is 19.6 Å². The van der Waals surface area contributed by atoms with Gasteiger partial charge in [0.1, 0.15) is 5.82 Å². The zero-order valence-electron chi connectivity index (χ0n) is 61.3. The average Bonchev–Trinajstić information content (AvgIpc) is 1.71. The van der Waals surface area contributed by atoms with E-state index in [1.165, 1.54) is 235 Å². The summed E-state index contributed by atoms with van der Waals surface area (Å²) in [5.74, 6) is 1.05. The van der Waals surface area contributed by atoms with Crippen molar-refractivity contribution in [2.24, 2.45) is 0 Å². The Morgan fingerprint density at radius 1 is 0.196 bits per heavy atom. The highest BCUT2D eigenvalue weighted by Gasteiger charge is 2.42. The summed E-state index contributed by atoms with van der Waals surface area (Å²) in [4.78, 5) is 45.7. The molecule has 28 rings (SSSR count). The normalized spacial score (nSPS) is 14.6. The van der Waals surface area contributed by atoms with Crippen molar-refractivity contribution in [2.45, 2.75) is 77.0 Å². The first kappa shape index (κ1) is 62.1. The van der Waals surface area contributed by atoms with Gasteiger partial charge in [0.05, 0.1) is 99.2 Å². The molecular weight excluding hydrogens is 1370 g/mol. The van der Waals surface area contributed by atoms with Gasteiger partial charge in [-0.15, -0.1) is 0 Å². The van der Waals surface area contributed by atoms with Crippen molar-refractivity contribution in [1.29, 1.82) is 0 Å². The fraction of sp³-hybridized carbons (Fsp3) is 0.120. The molecule has 0 bridgehead atoms. The maximum absolute atomic E-state index is 4.78. The third-order valence-corrected chi connectivity index (χ3v) is 25.7. The number of nitrogens with zero attached hydrogens (tertiary/aromatic N) is 12. The lowest BCUT2D eigenvalue weighted by atomic mass is 9.83. The van der Waals surface area contributed by atoms with Crippen LogP contribution in [0.2, 0.25) is 0 Å². The van der Waals surface area contributed by atoms with E-state index in [1.807, 2.05) is 98.9 Å². The molecule has 12 aliphatic rings. The Morgan fingerprint density at radius 2 is 0.509 bits per heavy atom. The molecule has 16 heterocycles. The molecule has 4 aliphatic carbocycles. The number of hydrogen-bond donors (Lipinski definition) is 0. The number of pyridine rings is 8. The molecule has 0 amide bonds. The van der Waals surface area contributed by atoms with E-state index in [-0.39, 0.29) is 0 Å². The van der Waals surface area contributed by atoms with Crippen molar-refractivity contribution in [3.8, 4) is 44.5 Å². The monoisotopic (exact) mass is 1440 g/mol. The highest BCUT2D eigenvalue weighted by Crippen LogP contribution is 2.60. The second kappa shape index (κ2) is 23.8. The maximum Gasteiger partial charge on any atom is 0.141 e. The standard InChI is InChI=1S/4C25H17N3/c1-2-6-20-15(4-1)10-18-12-19-11-17-5-3-8-27-25(17)28-22-14-26-9-7-16(22)13-21(23(18)20)24(19)28;1-2-5-19-15(4-1)10-17-11-18-13-21-22(6-3-8-27-21)28-23-14-26-9-7-16(23)12-20(24(17)19)25(18)28;1-2-4-20-15(3-1)9-17-10-18-11-19-13-26-8-6-22(19)28-23-14-27-7-5-16(23)12-21(24(17)20)25(18)28;1-2-4-20-15(3-1)9-18-11-19-10-16-5-7-26-13-22(16)28-23-14-27-8-6-17(23)12-21(24(18)20)25(19)28/h1-9,12,14H,10-11,13H2;1-9,11,14H,10,12-13H2;1-8,10,13-14H,9,11-12H2;1-8,11,13-14H,9-10,12H2. The second-order valence-electron chi connectivity index (χ2n) is 31.7. The maximum atomic E-state index is 4.78. The van der Waals surface area contributed by atoms with Crippen LogP contribution in [0.1, 0.15) is 134 Å². The summed E-state index contributed by atoms with van der Waals surface area (Å²) < 4.78 is 0. The Balaban J connectivity index is 0.0000000847. The summed E-state index contributed by atoms with van der Waals surface area (Å²) >= 11 is 0. The lowest BCUT2D eigenvalue weighted by Crippen LogP contribution is -2.26. The Kier molecular flexibility index (Phi) is 13.2. The van der Waals surface area contributed by atoms with Gasteiger partial charge in [-0.1, -0.05) is 127 Å². The minimum atomic E-state index is 0.897. The molecule has 16 aromatic rings. The van der Waals surface area contributed by atoms with Crippen LogP contribution in [0.3, 0.4) is 0 Å². The first-order chi connectivity index (χ1) is 55.5. The Morgan fingerprint density at radius 3 is 0.955 bits per heavy atom. The van der Waals surface area contributed by atoms with Crippen LogP contribution in [0.5, 0.6) is 0 Å². The van der Waals surface area contributed by atoms with Crippen LogP contribution in [0.25, 0.3) is 44.5 Å². The van der Waals surface area contributed by atoms with Crippen molar-refractivity contribution in [1.82, 2.24) is 39.9 Å². The van der Waals surface area contributed by atoms with Gasteiger partial charge in [-0.2, -0.15) is 0 Å². The number of hydrogen-bond acceptors (Lipinski definition) is 12. The third-order valence-electron chi connectivity index (χ3n) is 25.7. The number of fused-ring (bicyclic) bond motifs is 32. The molecule has 0 unspecified atom stereocenters. The van der Waals surface area contributed by atoms with Gasteiger partial charge in [-0.3, -0.25) is 39.8 Å². The van der Waals surface area contributed by atoms with Gasteiger partial charge in [0, 0.05) is 107 Å². The fourth-order valence-electron chi connectivity index (χ4n) is 21.3. The predicted octanol–water partition coefficient (Wildman–Crippen LogP) is 21.3. The molecular formula is C100H68N12. The molecule has 0 spiro atoms. The lowest BCUT2D eigenvalue weighted by Gasteiger charge is -2.40. The SMILES string of the molecule is c1ccc2c(c1)Cc1cc3c4c(c1-2)Cc1ccncc1N4c1cccnc1C3.c1ccc2c(c1)Cc1cc3c4c(c1-2)Cc1ccncc1N4c1ccncc1C3.c1ccc2c(c1)Cc1cc3c4c(c1-2)Cc1ccncc1N4c1cnccc1C3.c1ccc2c(c1)Cc1cc3c4c(c1-2)Cc1ccncc1N4c1ncccc1C3. The van der Waals surface area contributed by atoms with E-state index < -0.39 is 0 Å². The molecule has 0 N–H and O–H groups in total. The molecule has 12 heteroatoms. The van der Waals surface area contributed by atoms with Crippen molar-refractivity contribution < 1.29 is 0 Å². The largest absolute Gasteiger partial charge is 0.308 e. The smallest absolute Gasteiger partial charge is 0.141 e. The first-order valence-corrected chi connectivity index (χ1v) is 39.2. The van der Waals surface area contributed by atoms with Crippen LogP contribution in [0, 0.1) is 0 Å². The van der Waals surface area contributed by atoms with Gasteiger partial charge in [0.15, 0.2) is 0 Å². The average molecular weight is 1440 g/mol. The van der Waals surface area contributed by atoms with Crippen molar-refractivity contribution in [3.63, 3.8) is 0 Å². The van der Waals surface area contributed by atoms with E-state index in [2.05, 4.69) is 219 Å². The summed E-state index contributed by atoms with van der Waals surface area (Å²) in [6.07, 6.45) is 39.0. The van der Waals surface area contributed by atoms with Gasteiger partial charge < -0.3 is 14.7 Å². The number of rotatable bonds is 0. The van der Waals surface area contributed by atoms with E-state index in [1.54, 1.807) is 0 Å². The highest BCUT2D eigenvalue weighted by atomic mass is 15.2. The molecule has 8 aliphatic heterocycles. The Labute approximate surface area is 647 Å². The molecule has 0 fully saturated rings. The minimum absolute atomic E-state index is 0.897. The van der Waals surface area contributed by atoms with Crippen LogP contribution < -0.4 is 19.6 Å². The highest BCUT2D eigenvalue weighted by molar-refractivity contribution is 6.00. The third kappa shape index (κ3) is 9.05. The molecule has 112 heavy (non-hydrogen) atoms. The molecule has 0 saturated carbocycles. The molecule has 0 atom stereocenters. The number of benzene rings is 8. The van der Waals surface area contributed by atoms with Gasteiger partial charge in [-0.25, -0.2) is 4.98 Å². The molecule has 0 radical (unpaired) electrons. The fourth-order valence-corrected chi connectivity index (χ4v) is 21.3. The summed E-state index contributed by atoms with van der Waals surface area (Å²) in [7, 11) is 0. The van der Waals surface area contributed by atoms with Gasteiger partial charge in [-0.05, 0) is 253 Å². The minimum Gasteiger partial charge on any atom is -0.308 e. The zero-order valence-corrected chi connectivity index (χ0v) is 61.3. The summed E-state index contributed by atoms with van der Waals surface area (Å²) in [5, 5.41) is 0. The summed E-state index contributed by atoms with van der Waals surface area (Å²) in [6, 6.07) is 66.8. The van der Waals surface area contributed by atoms with Gasteiger partial charge >= 0.3 is 0 Å². The van der Waals surface area contributed by atoms with Crippen LogP contribution >= 0.6 is 0 Å². The predicted molar refractivity (Wildman–Crippen MR) is 442 cm³/mol. The first-order valence-electron chi connectivity index (χ1n) is 39.2. The lowest BCUT2D eigenvalue weighted by molar-refractivity contribution is 0.962. The topological polar surface area (TPSA) is 116 Å². The Bertz CT molecular complexity index is 5990. The number of aromatic nitrogens is 8. The van der Waals surface area contributed by atoms with E-state index in [9.17, 15) is 0 Å².